The molecule has 3 aromatic carbocycles. The van der Waals surface area contributed by atoms with Gasteiger partial charge in [0, 0.05) is 61.3 Å². The van der Waals surface area contributed by atoms with Gasteiger partial charge in [0.25, 0.3) is 0 Å². The summed E-state index contributed by atoms with van der Waals surface area (Å²) in [6.07, 6.45) is 11.8. The Bertz CT molecular complexity index is 2950. The zero-order valence-electron chi connectivity index (χ0n) is 53.6. The van der Waals surface area contributed by atoms with Gasteiger partial charge in [0.2, 0.25) is 0 Å². The Morgan fingerprint density at radius 3 is 1.16 bits per heavy atom. The summed E-state index contributed by atoms with van der Waals surface area (Å²) in [7, 11) is 0. The van der Waals surface area contributed by atoms with Gasteiger partial charge >= 0.3 is 30.3 Å². The van der Waals surface area contributed by atoms with Gasteiger partial charge in [0.05, 0.1) is 54.4 Å². The summed E-state index contributed by atoms with van der Waals surface area (Å²) in [5.74, 6) is -3.07. The van der Waals surface area contributed by atoms with Gasteiger partial charge in [-0.3, -0.25) is 14.4 Å². The summed E-state index contributed by atoms with van der Waals surface area (Å²) in [6, 6.07) is 15.7. The largest absolute Gasteiger partial charge is 0.491 e. The number of esters is 1. The summed E-state index contributed by atoms with van der Waals surface area (Å²) >= 11 is 5.90. The molecule has 0 aromatic heterocycles. The van der Waals surface area contributed by atoms with Crippen molar-refractivity contribution in [1.29, 1.82) is 0 Å². The van der Waals surface area contributed by atoms with Gasteiger partial charge < -0.3 is 75.1 Å². The molecule has 0 heterocycles. The van der Waals surface area contributed by atoms with E-state index in [4.69, 9.17) is 40.8 Å². The van der Waals surface area contributed by atoms with Crippen LogP contribution in [0.4, 0.5) is 26.3 Å². The molecule has 3 aliphatic carbocycles. The Labute approximate surface area is 561 Å². The molecule has 25 heteroatoms. The first kappa shape index (κ1) is 81.8. The Balaban J connectivity index is 0.000000308. The highest BCUT2D eigenvalue weighted by Crippen LogP contribution is 2.40. The van der Waals surface area contributed by atoms with Gasteiger partial charge in [-0.15, -0.1) is 0 Å². The minimum Gasteiger partial charge on any atom is -0.491 e. The minimum atomic E-state index is -4.49. The highest BCUT2D eigenvalue weighted by atomic mass is 35.5. The SMILES string of the molecule is CCCOC(=O)CCC/C=C\C[C@@H]1[C@@H](/C=C/[C@@H](O)COc2cccc(C(F)(F)F)c2)[C@H](O)C[C@@H]1O.O=C(O)CCC/C=C\C[C@@H]1[C@@H](/C=C/C(O)COc2cccc(C(F)(F)F)c2)[C@H](O)C[C@@H]1O.O=C(O)CCC/C=C\C[C@@H]1[C@@H](/C=C/[C@@H](O)COc2cccc(Cl)c2)[C@H](O)C[C@@H]1O. The number of benzene rings is 3. The molecule has 0 aliphatic heterocycles. The van der Waals surface area contributed by atoms with Crippen LogP contribution < -0.4 is 14.2 Å². The first-order chi connectivity index (χ1) is 45.5. The molecule has 0 saturated heterocycles. The van der Waals surface area contributed by atoms with Crippen LogP contribution in [0.2, 0.25) is 5.02 Å². The standard InChI is InChI=1S/C26H35F3O6.C23H29F3O6.C22H29ClO6/c1-2-14-34-25(33)11-6-4-3-5-10-21-22(24(32)16-23(21)31)13-12-19(30)17-35-20-9-7-8-18(15-20)26(27,28)29;24-23(25,26)15-6-5-7-17(12-15)32-14-16(27)10-11-19-18(20(28)13-21(19)29)8-3-1-2-4-9-22(30)31;23-15-6-5-7-17(12-15)29-14-16(24)10-11-19-18(20(25)13-21(19)26)8-3-1-2-4-9-22(27)28/h3,5,7-9,12-13,15,19,21-24,30-32H,2,4,6,10-11,14,16-17H2,1H3;1,3,5-7,10-12,16,18-21,27-29H,2,4,8-9,13-14H2,(H,30,31);1,3,5-7,10-12,16,18-21,24-26H,2,4,8-9,13-14H2,(H,27,28)/b5-3-,13-12+;2*3-1-,11-10+/t19-,21-,22-,23+,24-;16?,18-,19-,20+,21-;16-,18-,19-,20+,21-/m111/s1. The first-order valence-corrected chi connectivity index (χ1v) is 32.6. The fourth-order valence-corrected chi connectivity index (χ4v) is 11.4. The van der Waals surface area contributed by atoms with Crippen LogP contribution in [0.1, 0.15) is 121 Å². The Morgan fingerprint density at radius 2 is 0.833 bits per heavy atom. The van der Waals surface area contributed by atoms with Crippen molar-refractivity contribution in [3.63, 3.8) is 0 Å². The molecular formula is C71H93ClF6O18. The fraction of sp³-hybridized carbons (Fsp3) is 0.535. The summed E-state index contributed by atoms with van der Waals surface area (Å²) in [5.41, 5.74) is -1.68. The Kier molecular flexibility index (Phi) is 36.6. The van der Waals surface area contributed by atoms with Gasteiger partial charge in [-0.25, -0.2) is 0 Å². The molecule has 3 aliphatic rings. The van der Waals surface area contributed by atoms with Crippen LogP contribution in [-0.2, 0) is 31.5 Å². The minimum absolute atomic E-state index is 0.00904. The number of hydrogen-bond donors (Lipinski definition) is 11. The molecule has 6 rings (SSSR count). The predicted molar refractivity (Wildman–Crippen MR) is 346 cm³/mol. The lowest BCUT2D eigenvalue weighted by Gasteiger charge is -2.19. The Hall–Kier alpha value is -6.58. The lowest BCUT2D eigenvalue weighted by atomic mass is 9.89. The van der Waals surface area contributed by atoms with Crippen molar-refractivity contribution in [1.82, 2.24) is 0 Å². The number of aliphatic hydroxyl groups excluding tert-OH is 9. The van der Waals surface area contributed by atoms with Gasteiger partial charge in [0.15, 0.2) is 0 Å². The van der Waals surface area contributed by atoms with E-state index in [1.54, 1.807) is 48.6 Å². The van der Waals surface area contributed by atoms with E-state index in [0.717, 1.165) is 30.7 Å². The molecular weight excluding hydrogens is 1290 g/mol. The number of halogens is 7. The summed E-state index contributed by atoms with van der Waals surface area (Å²) in [5, 5.41) is 110. The average Bonchev–Trinajstić information content (AvgIpc) is 1.62. The number of unbranched alkanes of at least 4 members (excludes halogenated alkanes) is 3. The number of hydrogen-bond acceptors (Lipinski definition) is 16. The molecule has 3 saturated carbocycles. The number of allylic oxidation sites excluding steroid dienone is 6. The third-order valence-corrected chi connectivity index (χ3v) is 16.5. The molecule has 0 spiro atoms. The van der Waals surface area contributed by atoms with E-state index in [1.807, 2.05) is 43.4 Å². The number of aliphatic carboxylic acids is 2. The van der Waals surface area contributed by atoms with Crippen LogP contribution in [-0.4, -0.2) is 155 Å². The van der Waals surface area contributed by atoms with Crippen molar-refractivity contribution in [3.05, 3.63) is 162 Å². The van der Waals surface area contributed by atoms with Gasteiger partial charge in [0.1, 0.15) is 55.4 Å². The van der Waals surface area contributed by atoms with Gasteiger partial charge in [-0.05, 0) is 137 Å². The van der Waals surface area contributed by atoms with Gasteiger partial charge in [-0.2, -0.15) is 26.3 Å². The van der Waals surface area contributed by atoms with Crippen molar-refractivity contribution in [2.45, 2.75) is 177 Å². The zero-order chi connectivity index (χ0) is 70.8. The molecule has 534 valence electrons. The maximum Gasteiger partial charge on any atom is 0.416 e. The number of carboxylic acids is 2. The lowest BCUT2D eigenvalue weighted by Crippen LogP contribution is -2.21. The number of ether oxygens (including phenoxy) is 4. The summed E-state index contributed by atoms with van der Waals surface area (Å²) in [4.78, 5) is 32.5. The van der Waals surface area contributed by atoms with Crippen molar-refractivity contribution >= 4 is 29.5 Å². The van der Waals surface area contributed by atoms with E-state index in [2.05, 4.69) is 0 Å². The molecule has 18 nitrogen and oxygen atoms in total. The fourth-order valence-electron chi connectivity index (χ4n) is 11.2. The van der Waals surface area contributed by atoms with E-state index < -0.39 is 96.3 Å². The second-order valence-corrected chi connectivity index (χ2v) is 24.4. The van der Waals surface area contributed by atoms with E-state index in [0.29, 0.717) is 88.0 Å². The van der Waals surface area contributed by atoms with Crippen LogP contribution >= 0.6 is 11.6 Å². The number of carbonyl (C=O) groups is 3. The van der Waals surface area contributed by atoms with Gasteiger partial charge in [-0.1, -0.05) is 110 Å². The molecule has 0 amide bonds. The maximum atomic E-state index is 12.8. The monoisotopic (exact) mass is 1380 g/mol. The number of alkyl halides is 6. The normalized spacial score (nSPS) is 24.7. The number of carbonyl (C=O) groups excluding carboxylic acids is 1. The zero-order valence-corrected chi connectivity index (χ0v) is 54.3. The highest BCUT2D eigenvalue weighted by Gasteiger charge is 2.42. The third kappa shape index (κ3) is 31.3. The smallest absolute Gasteiger partial charge is 0.416 e. The average molecular weight is 1380 g/mol. The molecule has 0 bridgehead atoms. The lowest BCUT2D eigenvalue weighted by molar-refractivity contribution is -0.144. The molecule has 15 atom stereocenters. The second-order valence-electron chi connectivity index (χ2n) is 23.9. The molecule has 11 N–H and O–H groups in total. The molecule has 96 heavy (non-hydrogen) atoms. The maximum absolute atomic E-state index is 12.8. The van der Waals surface area contributed by atoms with Crippen molar-refractivity contribution in [2.75, 3.05) is 26.4 Å². The topological polar surface area (TPSA) is 311 Å². The third-order valence-electron chi connectivity index (χ3n) is 16.3. The van der Waals surface area contributed by atoms with E-state index in [1.165, 1.54) is 36.4 Å². The van der Waals surface area contributed by atoms with Crippen LogP contribution in [0, 0.1) is 35.5 Å². The predicted octanol–water partition coefficient (Wildman–Crippen LogP) is 11.2. The molecule has 0 radical (unpaired) electrons. The summed E-state index contributed by atoms with van der Waals surface area (Å²) < 4.78 is 97.7. The molecule has 3 fully saturated rings. The van der Waals surface area contributed by atoms with E-state index >= 15 is 0 Å². The first-order valence-electron chi connectivity index (χ1n) is 32.3. The highest BCUT2D eigenvalue weighted by molar-refractivity contribution is 6.30. The van der Waals surface area contributed by atoms with E-state index in [-0.39, 0.29) is 92.6 Å². The Morgan fingerprint density at radius 1 is 0.500 bits per heavy atom. The summed E-state index contributed by atoms with van der Waals surface area (Å²) in [6.45, 7) is 1.89. The van der Waals surface area contributed by atoms with Crippen molar-refractivity contribution in [2.24, 2.45) is 35.5 Å². The van der Waals surface area contributed by atoms with Crippen molar-refractivity contribution < 1.29 is 116 Å². The molecule has 1 unspecified atom stereocenters. The van der Waals surface area contributed by atoms with Crippen LogP contribution in [0.5, 0.6) is 17.2 Å². The van der Waals surface area contributed by atoms with Crippen LogP contribution in [0.25, 0.3) is 0 Å². The van der Waals surface area contributed by atoms with Crippen molar-refractivity contribution in [3.8, 4) is 17.2 Å². The number of aliphatic hydroxyl groups is 9. The quantitative estimate of drug-likeness (QED) is 0.0113. The van der Waals surface area contributed by atoms with Crippen LogP contribution in [0.15, 0.2) is 146 Å². The van der Waals surface area contributed by atoms with E-state index in [9.17, 15) is 86.7 Å². The van der Waals surface area contributed by atoms with Crippen LogP contribution in [0.3, 0.4) is 0 Å². The number of rotatable bonds is 35. The second kappa shape index (κ2) is 43.0. The number of carboxylic acid groups (broad SMARTS) is 2. The molecule has 3 aromatic rings.